The van der Waals surface area contributed by atoms with Crippen LogP contribution in [-0.2, 0) is 9.53 Å². The fourth-order valence-corrected chi connectivity index (χ4v) is 2.91. The number of halogens is 2. The van der Waals surface area contributed by atoms with E-state index in [2.05, 4.69) is 15.4 Å². The lowest BCUT2D eigenvalue weighted by Gasteiger charge is -2.14. The van der Waals surface area contributed by atoms with E-state index in [-0.39, 0.29) is 11.7 Å². The molecule has 148 valence electrons. The topological polar surface area (TPSA) is 76.7 Å². The third-order valence-corrected chi connectivity index (χ3v) is 4.36. The number of rotatable bonds is 6. The van der Waals surface area contributed by atoms with E-state index >= 15 is 0 Å². The SMILES string of the molecule is Cc1c(NC(=O)c2cccc(NC(=O)C3CCCO3)c2)cccc1OC(F)F. The van der Waals surface area contributed by atoms with Crippen molar-refractivity contribution in [1.82, 2.24) is 0 Å². The molecule has 2 amide bonds. The number of carbonyl (C=O) groups is 2. The Morgan fingerprint density at radius 2 is 1.96 bits per heavy atom. The van der Waals surface area contributed by atoms with E-state index < -0.39 is 18.6 Å². The Bertz CT molecular complexity index is 867. The van der Waals surface area contributed by atoms with E-state index in [9.17, 15) is 18.4 Å². The molecule has 0 saturated carbocycles. The fraction of sp³-hybridized carbons (Fsp3) is 0.300. The standard InChI is InChI=1S/C20H20F2N2O4/c1-12-15(7-3-8-16(12)28-20(21)22)24-18(25)13-5-2-6-14(11-13)23-19(26)17-9-4-10-27-17/h2-3,5-8,11,17,20H,4,9-10H2,1H3,(H,23,26)(H,24,25). The Morgan fingerprint density at radius 3 is 2.68 bits per heavy atom. The summed E-state index contributed by atoms with van der Waals surface area (Å²) in [6.45, 7) is -0.812. The Labute approximate surface area is 160 Å². The number of hydrogen-bond donors (Lipinski definition) is 2. The highest BCUT2D eigenvalue weighted by atomic mass is 19.3. The lowest BCUT2D eigenvalue weighted by Crippen LogP contribution is -2.27. The van der Waals surface area contributed by atoms with Crippen LogP contribution in [0.1, 0.15) is 28.8 Å². The van der Waals surface area contributed by atoms with E-state index in [4.69, 9.17) is 4.74 Å². The fourth-order valence-electron chi connectivity index (χ4n) is 2.91. The van der Waals surface area contributed by atoms with E-state index in [1.165, 1.54) is 18.2 Å². The predicted molar refractivity (Wildman–Crippen MR) is 99.8 cm³/mol. The van der Waals surface area contributed by atoms with Gasteiger partial charge in [-0.1, -0.05) is 12.1 Å². The van der Waals surface area contributed by atoms with Gasteiger partial charge in [-0.05, 0) is 50.1 Å². The van der Waals surface area contributed by atoms with E-state index in [0.717, 1.165) is 6.42 Å². The zero-order valence-electron chi connectivity index (χ0n) is 15.2. The summed E-state index contributed by atoms with van der Waals surface area (Å²) in [5.74, 6) is -0.696. The number of ether oxygens (including phenoxy) is 2. The third kappa shape index (κ3) is 4.83. The lowest BCUT2D eigenvalue weighted by molar-refractivity contribution is -0.124. The van der Waals surface area contributed by atoms with Gasteiger partial charge in [0.2, 0.25) is 0 Å². The Hall–Kier alpha value is -3.00. The van der Waals surface area contributed by atoms with Crippen molar-refractivity contribution in [2.75, 3.05) is 17.2 Å². The van der Waals surface area contributed by atoms with Crippen LogP contribution >= 0.6 is 0 Å². The predicted octanol–water partition coefficient (Wildman–Crippen LogP) is 3.97. The molecular weight excluding hydrogens is 370 g/mol. The molecule has 1 atom stereocenters. The summed E-state index contributed by atoms with van der Waals surface area (Å²) in [4.78, 5) is 24.7. The first-order valence-electron chi connectivity index (χ1n) is 8.82. The van der Waals surface area contributed by atoms with Crippen LogP contribution in [0.3, 0.4) is 0 Å². The molecule has 2 aromatic rings. The van der Waals surface area contributed by atoms with Gasteiger partial charge in [-0.25, -0.2) is 0 Å². The molecule has 1 aliphatic heterocycles. The lowest BCUT2D eigenvalue weighted by atomic mass is 10.1. The maximum Gasteiger partial charge on any atom is 0.387 e. The third-order valence-electron chi connectivity index (χ3n) is 4.36. The maximum atomic E-state index is 12.6. The zero-order valence-corrected chi connectivity index (χ0v) is 15.2. The molecule has 0 aromatic heterocycles. The first kappa shape index (κ1) is 19.8. The van der Waals surface area contributed by atoms with Crippen molar-refractivity contribution in [3.63, 3.8) is 0 Å². The summed E-state index contributed by atoms with van der Waals surface area (Å²) in [6.07, 6.45) is 1.04. The number of nitrogens with one attached hydrogen (secondary N) is 2. The molecule has 8 heteroatoms. The van der Waals surface area contributed by atoms with Gasteiger partial charge in [0.1, 0.15) is 11.9 Å². The summed E-state index contributed by atoms with van der Waals surface area (Å²) in [7, 11) is 0. The number of hydrogen-bond acceptors (Lipinski definition) is 4. The van der Waals surface area contributed by atoms with Gasteiger partial charge in [-0.3, -0.25) is 9.59 Å². The molecule has 28 heavy (non-hydrogen) atoms. The molecule has 0 spiro atoms. The number of anilines is 2. The summed E-state index contributed by atoms with van der Waals surface area (Å²) in [5, 5.41) is 5.41. The number of alkyl halides is 2. The van der Waals surface area contributed by atoms with Crippen LogP contribution in [0.4, 0.5) is 20.2 Å². The van der Waals surface area contributed by atoms with Crippen LogP contribution in [0.2, 0.25) is 0 Å². The summed E-state index contributed by atoms with van der Waals surface area (Å²) >= 11 is 0. The first-order valence-corrected chi connectivity index (χ1v) is 8.82. The van der Waals surface area contributed by atoms with Crippen LogP contribution < -0.4 is 15.4 Å². The first-order chi connectivity index (χ1) is 13.4. The van der Waals surface area contributed by atoms with Crippen molar-refractivity contribution < 1.29 is 27.8 Å². The van der Waals surface area contributed by atoms with Gasteiger partial charge in [0.05, 0.1) is 0 Å². The highest BCUT2D eigenvalue weighted by molar-refractivity contribution is 6.06. The molecule has 0 aliphatic carbocycles. The minimum Gasteiger partial charge on any atom is -0.434 e. The van der Waals surface area contributed by atoms with Crippen molar-refractivity contribution in [3.05, 3.63) is 53.6 Å². The Kier molecular flexibility index (Phi) is 6.20. The molecular formula is C20H20F2N2O4. The quantitative estimate of drug-likeness (QED) is 0.783. The van der Waals surface area contributed by atoms with Crippen molar-refractivity contribution in [3.8, 4) is 5.75 Å². The monoisotopic (exact) mass is 390 g/mol. The average Bonchev–Trinajstić information content (AvgIpc) is 3.20. The van der Waals surface area contributed by atoms with Gasteiger partial charge < -0.3 is 20.1 Å². The van der Waals surface area contributed by atoms with Crippen LogP contribution in [0, 0.1) is 6.92 Å². The molecule has 1 unspecified atom stereocenters. The minimum atomic E-state index is -2.95. The number of carbonyl (C=O) groups excluding carboxylic acids is 2. The molecule has 3 rings (SSSR count). The number of benzene rings is 2. The highest BCUT2D eigenvalue weighted by Gasteiger charge is 2.23. The van der Waals surface area contributed by atoms with Crippen molar-refractivity contribution in [2.45, 2.75) is 32.5 Å². The zero-order chi connectivity index (χ0) is 20.1. The van der Waals surface area contributed by atoms with Crippen LogP contribution in [0.25, 0.3) is 0 Å². The molecule has 6 nitrogen and oxygen atoms in total. The average molecular weight is 390 g/mol. The van der Waals surface area contributed by atoms with Gasteiger partial charge in [0.25, 0.3) is 11.8 Å². The second kappa shape index (κ2) is 8.79. The molecule has 1 fully saturated rings. The second-order valence-corrected chi connectivity index (χ2v) is 6.33. The van der Waals surface area contributed by atoms with E-state index in [0.29, 0.717) is 35.5 Å². The molecule has 1 aliphatic rings. The second-order valence-electron chi connectivity index (χ2n) is 6.33. The smallest absolute Gasteiger partial charge is 0.387 e. The van der Waals surface area contributed by atoms with Crippen molar-refractivity contribution >= 4 is 23.2 Å². The summed E-state index contributed by atoms with van der Waals surface area (Å²) in [5.41, 5.74) is 1.53. The van der Waals surface area contributed by atoms with Gasteiger partial charge in [0, 0.05) is 29.1 Å². The number of amides is 2. The molecule has 1 heterocycles. The maximum absolute atomic E-state index is 12.6. The van der Waals surface area contributed by atoms with Crippen LogP contribution in [-0.4, -0.2) is 31.1 Å². The van der Waals surface area contributed by atoms with E-state index in [1.54, 1.807) is 31.2 Å². The van der Waals surface area contributed by atoms with Gasteiger partial charge >= 0.3 is 6.61 Å². The van der Waals surface area contributed by atoms with E-state index in [1.807, 2.05) is 0 Å². The molecule has 2 N–H and O–H groups in total. The molecule has 0 radical (unpaired) electrons. The molecule has 2 aromatic carbocycles. The van der Waals surface area contributed by atoms with Crippen LogP contribution in [0.15, 0.2) is 42.5 Å². The summed E-state index contributed by atoms with van der Waals surface area (Å²) in [6, 6.07) is 10.9. The van der Waals surface area contributed by atoms with Gasteiger partial charge in [-0.15, -0.1) is 0 Å². The van der Waals surface area contributed by atoms with Crippen LogP contribution in [0.5, 0.6) is 5.75 Å². The Balaban J connectivity index is 1.70. The van der Waals surface area contributed by atoms with Gasteiger partial charge in [-0.2, -0.15) is 8.78 Å². The normalized spacial score (nSPS) is 16.1. The van der Waals surface area contributed by atoms with Crippen molar-refractivity contribution in [2.24, 2.45) is 0 Å². The molecule has 1 saturated heterocycles. The summed E-state index contributed by atoms with van der Waals surface area (Å²) < 4.78 is 34.7. The highest BCUT2D eigenvalue weighted by Crippen LogP contribution is 2.27. The minimum absolute atomic E-state index is 0.00891. The molecule has 0 bridgehead atoms. The Morgan fingerprint density at radius 1 is 1.18 bits per heavy atom. The van der Waals surface area contributed by atoms with Crippen molar-refractivity contribution in [1.29, 1.82) is 0 Å². The largest absolute Gasteiger partial charge is 0.434 e. The van der Waals surface area contributed by atoms with Gasteiger partial charge in [0.15, 0.2) is 0 Å².